The van der Waals surface area contributed by atoms with Gasteiger partial charge >= 0.3 is 6.18 Å². The van der Waals surface area contributed by atoms with Crippen LogP contribution < -0.4 is 11.1 Å². The number of nitriles is 1. The minimum absolute atomic E-state index is 0.0708. The molecule has 0 fully saturated rings. The van der Waals surface area contributed by atoms with E-state index in [0.717, 1.165) is 6.07 Å². The molecule has 3 N–H and O–H groups in total. The molecule has 0 bridgehead atoms. The zero-order chi connectivity index (χ0) is 23.6. The fourth-order valence-corrected chi connectivity index (χ4v) is 3.39. The smallest absolute Gasteiger partial charge is 0.383 e. The standard InChI is InChI=1S/C23H22F3N5O/c1-4-19(32)29-18-7-5-6-17(23(24,25)26)20(18)14-8-10-15(11-9-14)21-16(12-27)22(28)31(30-21)13(2)3/h5-11,13H,4,28H2,1-3H3,(H,29,32). The van der Waals surface area contributed by atoms with Gasteiger partial charge < -0.3 is 11.1 Å². The lowest BCUT2D eigenvalue weighted by atomic mass is 9.95. The molecule has 0 aliphatic carbocycles. The maximum absolute atomic E-state index is 13.7. The summed E-state index contributed by atoms with van der Waals surface area (Å²) in [5.41, 5.74) is 6.50. The summed E-state index contributed by atoms with van der Waals surface area (Å²) in [6, 6.07) is 11.8. The number of amides is 1. The number of nitrogens with two attached hydrogens (primary N) is 1. The Bertz CT molecular complexity index is 1190. The molecule has 0 aliphatic rings. The summed E-state index contributed by atoms with van der Waals surface area (Å²) < 4.78 is 42.7. The van der Waals surface area contributed by atoms with Crippen molar-refractivity contribution in [2.75, 3.05) is 11.1 Å². The van der Waals surface area contributed by atoms with E-state index in [2.05, 4.69) is 10.4 Å². The lowest BCUT2D eigenvalue weighted by Crippen LogP contribution is -2.14. The molecule has 1 heterocycles. The second-order valence-corrected chi connectivity index (χ2v) is 7.46. The van der Waals surface area contributed by atoms with Crippen molar-refractivity contribution in [3.8, 4) is 28.5 Å². The first-order valence-electron chi connectivity index (χ1n) is 9.97. The molecule has 32 heavy (non-hydrogen) atoms. The van der Waals surface area contributed by atoms with Crippen LogP contribution in [0.3, 0.4) is 0 Å². The van der Waals surface area contributed by atoms with Crippen LogP contribution in [0.2, 0.25) is 0 Å². The van der Waals surface area contributed by atoms with Gasteiger partial charge in [-0.25, -0.2) is 4.68 Å². The highest BCUT2D eigenvalue weighted by Gasteiger charge is 2.35. The number of halogens is 3. The Morgan fingerprint density at radius 3 is 2.34 bits per heavy atom. The molecular formula is C23H22F3N5O. The van der Waals surface area contributed by atoms with Gasteiger partial charge in [0.05, 0.1) is 5.56 Å². The molecule has 2 aromatic carbocycles. The van der Waals surface area contributed by atoms with Crippen molar-refractivity contribution in [2.24, 2.45) is 0 Å². The number of rotatable bonds is 5. The molecule has 0 unspecified atom stereocenters. The van der Waals surface area contributed by atoms with Gasteiger partial charge in [-0.05, 0) is 31.5 Å². The average Bonchev–Trinajstić information content (AvgIpc) is 3.09. The summed E-state index contributed by atoms with van der Waals surface area (Å²) in [7, 11) is 0. The minimum Gasteiger partial charge on any atom is -0.383 e. The van der Waals surface area contributed by atoms with Gasteiger partial charge in [0.1, 0.15) is 23.1 Å². The molecule has 0 saturated heterocycles. The van der Waals surface area contributed by atoms with E-state index >= 15 is 0 Å². The second-order valence-electron chi connectivity index (χ2n) is 7.46. The van der Waals surface area contributed by atoms with E-state index in [9.17, 15) is 23.2 Å². The topological polar surface area (TPSA) is 96.7 Å². The van der Waals surface area contributed by atoms with E-state index < -0.39 is 17.6 Å². The number of aromatic nitrogens is 2. The van der Waals surface area contributed by atoms with Crippen LogP contribution in [0.5, 0.6) is 0 Å². The molecular weight excluding hydrogens is 419 g/mol. The number of carbonyl (C=O) groups excluding carboxylic acids is 1. The van der Waals surface area contributed by atoms with Crippen molar-refractivity contribution in [1.29, 1.82) is 5.26 Å². The second kappa shape index (κ2) is 8.75. The minimum atomic E-state index is -4.61. The van der Waals surface area contributed by atoms with Crippen LogP contribution in [0.1, 0.15) is 44.4 Å². The molecule has 1 amide bonds. The van der Waals surface area contributed by atoms with Crippen molar-refractivity contribution in [3.05, 3.63) is 53.6 Å². The molecule has 9 heteroatoms. The summed E-state index contributed by atoms with van der Waals surface area (Å²) >= 11 is 0. The van der Waals surface area contributed by atoms with Crippen molar-refractivity contribution >= 4 is 17.4 Å². The first kappa shape index (κ1) is 22.9. The van der Waals surface area contributed by atoms with Crippen molar-refractivity contribution in [3.63, 3.8) is 0 Å². The van der Waals surface area contributed by atoms with Crippen LogP contribution in [0, 0.1) is 11.3 Å². The molecule has 0 spiro atoms. The van der Waals surface area contributed by atoms with Crippen LogP contribution in [-0.4, -0.2) is 15.7 Å². The van der Waals surface area contributed by atoms with E-state index in [0.29, 0.717) is 11.3 Å². The first-order valence-corrected chi connectivity index (χ1v) is 9.97. The van der Waals surface area contributed by atoms with E-state index in [1.54, 1.807) is 19.1 Å². The molecule has 0 atom stereocenters. The number of hydrogen-bond donors (Lipinski definition) is 2. The van der Waals surface area contributed by atoms with Gasteiger partial charge in [-0.3, -0.25) is 4.79 Å². The predicted molar refractivity (Wildman–Crippen MR) is 117 cm³/mol. The average molecular weight is 441 g/mol. The van der Waals surface area contributed by atoms with Crippen molar-refractivity contribution in [1.82, 2.24) is 9.78 Å². The Morgan fingerprint density at radius 2 is 1.81 bits per heavy atom. The summed E-state index contributed by atoms with van der Waals surface area (Å²) in [6.45, 7) is 5.36. The zero-order valence-electron chi connectivity index (χ0n) is 17.8. The number of hydrogen-bond acceptors (Lipinski definition) is 4. The summed E-state index contributed by atoms with van der Waals surface area (Å²) in [5.74, 6) is -0.163. The number of anilines is 2. The summed E-state index contributed by atoms with van der Waals surface area (Å²) in [6.07, 6.45) is -4.48. The van der Waals surface area contributed by atoms with E-state index in [1.165, 1.54) is 28.9 Å². The lowest BCUT2D eigenvalue weighted by Gasteiger charge is -2.18. The van der Waals surface area contributed by atoms with Gasteiger partial charge in [0.15, 0.2) is 0 Å². The Labute approximate surface area is 183 Å². The number of nitrogen functional groups attached to an aromatic ring is 1. The normalized spacial score (nSPS) is 11.4. The van der Waals surface area contributed by atoms with Crippen LogP contribution in [0.25, 0.3) is 22.4 Å². The van der Waals surface area contributed by atoms with Crippen LogP contribution >= 0.6 is 0 Å². The highest BCUT2D eigenvalue weighted by molar-refractivity contribution is 5.96. The molecule has 166 valence electrons. The van der Waals surface area contributed by atoms with Crippen molar-refractivity contribution in [2.45, 2.75) is 39.4 Å². The Hall–Kier alpha value is -3.80. The monoisotopic (exact) mass is 441 g/mol. The number of nitrogens with zero attached hydrogens (tertiary/aromatic N) is 3. The van der Waals surface area contributed by atoms with Crippen LogP contribution in [0.4, 0.5) is 24.7 Å². The predicted octanol–water partition coefficient (Wildman–Crippen LogP) is 5.62. The van der Waals surface area contributed by atoms with Gasteiger partial charge in [-0.2, -0.15) is 23.5 Å². The molecule has 0 aliphatic heterocycles. The van der Waals surface area contributed by atoms with Crippen LogP contribution in [0.15, 0.2) is 42.5 Å². The van der Waals surface area contributed by atoms with Gasteiger partial charge in [-0.15, -0.1) is 0 Å². The summed E-state index contributed by atoms with van der Waals surface area (Å²) in [4.78, 5) is 11.9. The van der Waals surface area contributed by atoms with Gasteiger partial charge in [-0.1, -0.05) is 37.3 Å². The maximum Gasteiger partial charge on any atom is 0.417 e. The number of benzene rings is 2. The fraction of sp³-hybridized carbons (Fsp3) is 0.261. The number of nitrogens with one attached hydrogen (secondary N) is 1. The van der Waals surface area contributed by atoms with Crippen molar-refractivity contribution < 1.29 is 18.0 Å². The molecule has 3 rings (SSSR count). The quantitative estimate of drug-likeness (QED) is 0.537. The van der Waals surface area contributed by atoms with E-state index in [4.69, 9.17) is 5.73 Å². The number of alkyl halides is 3. The summed E-state index contributed by atoms with van der Waals surface area (Å²) in [5, 5.41) is 16.5. The molecule has 6 nitrogen and oxygen atoms in total. The SMILES string of the molecule is CCC(=O)Nc1cccc(C(F)(F)F)c1-c1ccc(-c2nn(C(C)C)c(N)c2C#N)cc1. The highest BCUT2D eigenvalue weighted by atomic mass is 19.4. The fourth-order valence-electron chi connectivity index (χ4n) is 3.39. The van der Waals surface area contributed by atoms with Gasteiger partial charge in [0.2, 0.25) is 5.91 Å². The Balaban J connectivity index is 2.14. The third kappa shape index (κ3) is 4.30. The van der Waals surface area contributed by atoms with E-state index in [-0.39, 0.29) is 40.7 Å². The third-order valence-electron chi connectivity index (χ3n) is 4.96. The van der Waals surface area contributed by atoms with Gasteiger partial charge in [0, 0.05) is 29.3 Å². The zero-order valence-corrected chi connectivity index (χ0v) is 17.8. The first-order chi connectivity index (χ1) is 15.1. The lowest BCUT2D eigenvalue weighted by molar-refractivity contribution is -0.137. The Kier molecular flexibility index (Phi) is 6.25. The highest BCUT2D eigenvalue weighted by Crippen LogP contribution is 2.42. The Morgan fingerprint density at radius 1 is 1.19 bits per heavy atom. The molecule has 0 saturated carbocycles. The molecule has 1 aromatic heterocycles. The number of carbonyl (C=O) groups is 1. The van der Waals surface area contributed by atoms with Gasteiger partial charge in [0.25, 0.3) is 0 Å². The largest absolute Gasteiger partial charge is 0.417 e. The third-order valence-corrected chi connectivity index (χ3v) is 4.96. The molecule has 3 aromatic rings. The maximum atomic E-state index is 13.7. The van der Waals surface area contributed by atoms with Crippen LogP contribution in [-0.2, 0) is 11.0 Å². The van der Waals surface area contributed by atoms with E-state index in [1.807, 2.05) is 19.9 Å². The molecule has 0 radical (unpaired) electrons.